The highest BCUT2D eigenvalue weighted by atomic mass is 32.1. The van der Waals surface area contributed by atoms with Crippen LogP contribution in [-0.4, -0.2) is 46.3 Å². The average molecular weight is 252 g/mol. The Balaban J connectivity index is 1.55. The largest absolute Gasteiger partial charge is 0.345 e. The van der Waals surface area contributed by atoms with Crippen LogP contribution in [0, 0.1) is 12.8 Å². The Labute approximate surface area is 105 Å². The van der Waals surface area contributed by atoms with Crippen LogP contribution in [0.3, 0.4) is 0 Å². The Kier molecular flexibility index (Phi) is 2.74. The first-order chi connectivity index (χ1) is 8.24. The highest BCUT2D eigenvalue weighted by molar-refractivity contribution is 7.09. The molecule has 2 fully saturated rings. The Morgan fingerprint density at radius 3 is 2.65 bits per heavy atom. The number of carbonyl (C=O) groups is 1. The van der Waals surface area contributed by atoms with E-state index < -0.39 is 0 Å². The van der Waals surface area contributed by atoms with Gasteiger partial charge in [-0.2, -0.15) is 4.37 Å². The number of rotatable bonds is 2. The van der Waals surface area contributed by atoms with Gasteiger partial charge in [-0.1, -0.05) is 0 Å². The monoisotopic (exact) mass is 252 g/mol. The Morgan fingerprint density at radius 2 is 2.06 bits per heavy atom. The fourth-order valence-electron chi connectivity index (χ4n) is 2.40. The molecule has 92 valence electrons. The standard InChI is InChI=1S/C11H16N4OS/c1-8-12-11(17-13-8)15-6-9(7-15)10(16)14-4-2-3-5-14/h9H,2-7H2,1H3. The smallest absolute Gasteiger partial charge is 0.229 e. The maximum Gasteiger partial charge on any atom is 0.229 e. The summed E-state index contributed by atoms with van der Waals surface area (Å²) < 4.78 is 4.16. The lowest BCUT2D eigenvalue weighted by Crippen LogP contribution is -2.54. The number of nitrogens with zero attached hydrogens (tertiary/aromatic N) is 4. The van der Waals surface area contributed by atoms with Gasteiger partial charge in [0.25, 0.3) is 0 Å². The van der Waals surface area contributed by atoms with Gasteiger partial charge in [0.2, 0.25) is 11.0 Å². The van der Waals surface area contributed by atoms with Crippen molar-refractivity contribution in [2.75, 3.05) is 31.1 Å². The summed E-state index contributed by atoms with van der Waals surface area (Å²) in [5.74, 6) is 1.33. The molecule has 2 aliphatic heterocycles. The molecule has 0 unspecified atom stereocenters. The molecule has 1 amide bonds. The van der Waals surface area contributed by atoms with Gasteiger partial charge in [-0.05, 0) is 19.8 Å². The maximum atomic E-state index is 12.1. The normalized spacial score (nSPS) is 20.8. The number of hydrogen-bond donors (Lipinski definition) is 0. The summed E-state index contributed by atoms with van der Waals surface area (Å²) in [4.78, 5) is 20.6. The van der Waals surface area contributed by atoms with E-state index in [1.54, 1.807) is 0 Å². The molecule has 0 atom stereocenters. The topological polar surface area (TPSA) is 49.3 Å². The van der Waals surface area contributed by atoms with Gasteiger partial charge in [-0.3, -0.25) is 4.79 Å². The molecular formula is C11H16N4OS. The van der Waals surface area contributed by atoms with Crippen LogP contribution < -0.4 is 4.90 Å². The van der Waals surface area contributed by atoms with E-state index in [0.29, 0.717) is 5.91 Å². The number of aromatic nitrogens is 2. The lowest BCUT2D eigenvalue weighted by atomic mass is 9.99. The van der Waals surface area contributed by atoms with Crippen molar-refractivity contribution in [3.63, 3.8) is 0 Å². The van der Waals surface area contributed by atoms with Crippen molar-refractivity contribution in [1.29, 1.82) is 0 Å². The van der Waals surface area contributed by atoms with Crippen molar-refractivity contribution < 1.29 is 4.79 Å². The minimum absolute atomic E-state index is 0.178. The molecule has 5 nitrogen and oxygen atoms in total. The zero-order chi connectivity index (χ0) is 11.8. The van der Waals surface area contributed by atoms with E-state index in [1.807, 2.05) is 11.8 Å². The molecule has 0 spiro atoms. The molecule has 2 saturated heterocycles. The molecule has 2 aliphatic rings. The molecule has 0 aromatic carbocycles. The van der Waals surface area contributed by atoms with Crippen LogP contribution in [0.2, 0.25) is 0 Å². The third-order valence-corrected chi connectivity index (χ3v) is 4.30. The minimum atomic E-state index is 0.178. The van der Waals surface area contributed by atoms with Crippen molar-refractivity contribution in [3.05, 3.63) is 5.82 Å². The van der Waals surface area contributed by atoms with Gasteiger partial charge in [-0.25, -0.2) is 4.98 Å². The first-order valence-corrected chi connectivity index (χ1v) is 6.85. The van der Waals surface area contributed by atoms with Crippen LogP contribution >= 0.6 is 11.5 Å². The van der Waals surface area contributed by atoms with Gasteiger partial charge in [0.1, 0.15) is 5.82 Å². The predicted octanol–water partition coefficient (Wildman–Crippen LogP) is 0.905. The first-order valence-electron chi connectivity index (χ1n) is 6.08. The molecule has 3 rings (SSSR count). The summed E-state index contributed by atoms with van der Waals surface area (Å²) in [5, 5.41) is 0.952. The van der Waals surface area contributed by atoms with Gasteiger partial charge >= 0.3 is 0 Å². The number of amides is 1. The molecule has 1 aromatic rings. The van der Waals surface area contributed by atoms with E-state index in [-0.39, 0.29) is 5.92 Å². The number of hydrogen-bond acceptors (Lipinski definition) is 5. The lowest BCUT2D eigenvalue weighted by Gasteiger charge is -2.39. The summed E-state index contributed by atoms with van der Waals surface area (Å²) in [6.45, 7) is 5.42. The fourth-order valence-corrected chi connectivity index (χ4v) is 3.09. The van der Waals surface area contributed by atoms with E-state index in [4.69, 9.17) is 0 Å². The second-order valence-corrected chi connectivity index (χ2v) is 5.49. The number of anilines is 1. The van der Waals surface area contributed by atoms with Gasteiger partial charge < -0.3 is 9.80 Å². The molecule has 0 radical (unpaired) electrons. The Bertz CT molecular complexity index is 421. The van der Waals surface area contributed by atoms with Gasteiger partial charge in [0.05, 0.1) is 5.92 Å². The molecule has 17 heavy (non-hydrogen) atoms. The molecule has 0 aliphatic carbocycles. The number of likely N-dealkylation sites (tertiary alicyclic amines) is 1. The van der Waals surface area contributed by atoms with E-state index in [0.717, 1.165) is 50.0 Å². The van der Waals surface area contributed by atoms with Crippen molar-refractivity contribution in [1.82, 2.24) is 14.3 Å². The van der Waals surface area contributed by atoms with Gasteiger partial charge in [0.15, 0.2) is 0 Å². The number of carbonyl (C=O) groups excluding carboxylic acids is 1. The number of aryl methyl sites for hydroxylation is 1. The zero-order valence-corrected chi connectivity index (χ0v) is 10.7. The quantitative estimate of drug-likeness (QED) is 0.785. The van der Waals surface area contributed by atoms with Crippen LogP contribution in [0.25, 0.3) is 0 Å². The Hall–Kier alpha value is -1.17. The summed E-state index contributed by atoms with van der Waals surface area (Å²) in [5.41, 5.74) is 0. The van der Waals surface area contributed by atoms with Crippen LogP contribution in [0.5, 0.6) is 0 Å². The van der Waals surface area contributed by atoms with Crippen molar-refractivity contribution in [2.24, 2.45) is 5.92 Å². The van der Waals surface area contributed by atoms with Crippen LogP contribution in [0.1, 0.15) is 18.7 Å². The van der Waals surface area contributed by atoms with Crippen molar-refractivity contribution in [2.45, 2.75) is 19.8 Å². The molecule has 0 N–H and O–H groups in total. The second-order valence-electron chi connectivity index (χ2n) is 4.76. The highest BCUT2D eigenvalue weighted by Crippen LogP contribution is 2.27. The summed E-state index contributed by atoms with van der Waals surface area (Å²) in [6, 6.07) is 0. The first kappa shape index (κ1) is 11.0. The minimum Gasteiger partial charge on any atom is -0.345 e. The summed E-state index contributed by atoms with van der Waals surface area (Å²) in [6.07, 6.45) is 2.33. The van der Waals surface area contributed by atoms with Crippen LogP contribution in [0.4, 0.5) is 5.13 Å². The third kappa shape index (κ3) is 2.01. The molecule has 0 saturated carbocycles. The molecule has 0 bridgehead atoms. The van der Waals surface area contributed by atoms with E-state index >= 15 is 0 Å². The van der Waals surface area contributed by atoms with E-state index in [1.165, 1.54) is 11.5 Å². The van der Waals surface area contributed by atoms with Crippen molar-refractivity contribution >= 4 is 22.6 Å². The molecule has 1 aromatic heterocycles. The summed E-state index contributed by atoms with van der Waals surface area (Å²) in [7, 11) is 0. The third-order valence-electron chi connectivity index (χ3n) is 3.44. The fraction of sp³-hybridized carbons (Fsp3) is 0.727. The maximum absolute atomic E-state index is 12.1. The highest BCUT2D eigenvalue weighted by Gasteiger charge is 2.37. The van der Waals surface area contributed by atoms with Crippen LogP contribution in [0.15, 0.2) is 0 Å². The molecule has 6 heteroatoms. The average Bonchev–Trinajstić information content (AvgIpc) is 2.86. The van der Waals surface area contributed by atoms with Crippen molar-refractivity contribution in [3.8, 4) is 0 Å². The zero-order valence-electron chi connectivity index (χ0n) is 9.93. The predicted molar refractivity (Wildman–Crippen MR) is 66.2 cm³/mol. The van der Waals surface area contributed by atoms with Gasteiger partial charge in [-0.15, -0.1) is 0 Å². The second kappa shape index (κ2) is 4.25. The van der Waals surface area contributed by atoms with E-state index in [9.17, 15) is 4.79 Å². The van der Waals surface area contributed by atoms with E-state index in [2.05, 4.69) is 14.3 Å². The SMILES string of the molecule is Cc1nsc(N2CC(C(=O)N3CCCC3)C2)n1. The lowest BCUT2D eigenvalue weighted by molar-refractivity contribution is -0.135. The van der Waals surface area contributed by atoms with Gasteiger partial charge in [0, 0.05) is 37.7 Å². The molecular weight excluding hydrogens is 236 g/mol. The summed E-state index contributed by atoms with van der Waals surface area (Å²) >= 11 is 1.42. The van der Waals surface area contributed by atoms with Crippen LogP contribution in [-0.2, 0) is 4.79 Å². The Morgan fingerprint density at radius 1 is 1.35 bits per heavy atom. The molecule has 3 heterocycles.